The van der Waals surface area contributed by atoms with Gasteiger partial charge in [0.05, 0.1) is 4.90 Å². The topological polar surface area (TPSA) is 127 Å². The second-order valence-corrected chi connectivity index (χ2v) is 7.18. The Hall–Kier alpha value is -2.52. The molecule has 126 valence electrons. The van der Waals surface area contributed by atoms with E-state index in [-0.39, 0.29) is 10.8 Å². The molecule has 1 aromatic carbocycles. The fourth-order valence-electron chi connectivity index (χ4n) is 2.23. The van der Waals surface area contributed by atoms with Crippen LogP contribution in [0.25, 0.3) is 11.1 Å². The van der Waals surface area contributed by atoms with Gasteiger partial charge in [-0.15, -0.1) is 0 Å². The zero-order valence-electron chi connectivity index (χ0n) is 13.0. The molecule has 1 aliphatic rings. The van der Waals surface area contributed by atoms with Crippen LogP contribution in [0.3, 0.4) is 0 Å². The minimum atomic E-state index is -3.98. The van der Waals surface area contributed by atoms with Crippen molar-refractivity contribution < 1.29 is 13.2 Å². The van der Waals surface area contributed by atoms with Gasteiger partial charge in [0.15, 0.2) is 0 Å². The lowest BCUT2D eigenvalue weighted by atomic mass is 10.1. The third-order valence-electron chi connectivity index (χ3n) is 3.48. The summed E-state index contributed by atoms with van der Waals surface area (Å²) >= 11 is 0. The summed E-state index contributed by atoms with van der Waals surface area (Å²) in [5.41, 5.74) is 1.25. The van der Waals surface area contributed by atoms with Gasteiger partial charge < -0.3 is 10.6 Å². The molecule has 0 aliphatic heterocycles. The predicted octanol–water partition coefficient (Wildman–Crippen LogP) is 1.32. The zero-order valence-corrected chi connectivity index (χ0v) is 13.8. The highest BCUT2D eigenvalue weighted by Crippen LogP contribution is 2.29. The molecule has 0 bridgehead atoms. The van der Waals surface area contributed by atoms with Crippen molar-refractivity contribution in [1.82, 2.24) is 9.97 Å². The summed E-state index contributed by atoms with van der Waals surface area (Å²) in [6.45, 7) is 1.34. The molecule has 0 atom stereocenters. The summed E-state index contributed by atoms with van der Waals surface area (Å²) in [5.74, 6) is 0.204. The van der Waals surface area contributed by atoms with Gasteiger partial charge in [-0.2, -0.15) is 0 Å². The summed E-state index contributed by atoms with van der Waals surface area (Å²) in [7, 11) is -3.98. The molecular formula is C15H17N5O3S. The number of benzene rings is 1. The van der Waals surface area contributed by atoms with Gasteiger partial charge in [-0.25, -0.2) is 23.5 Å². The lowest BCUT2D eigenvalue weighted by Gasteiger charge is -2.11. The Bertz CT molecular complexity index is 876. The third kappa shape index (κ3) is 3.87. The molecule has 9 heteroatoms. The molecule has 1 saturated carbocycles. The van der Waals surface area contributed by atoms with Gasteiger partial charge in [0, 0.05) is 42.2 Å². The van der Waals surface area contributed by atoms with E-state index in [0.29, 0.717) is 28.8 Å². The van der Waals surface area contributed by atoms with Crippen LogP contribution >= 0.6 is 0 Å². The van der Waals surface area contributed by atoms with Crippen molar-refractivity contribution in [3.63, 3.8) is 0 Å². The molecule has 0 radical (unpaired) electrons. The smallest absolute Gasteiger partial charge is 0.238 e. The second kappa shape index (κ2) is 6.17. The Morgan fingerprint density at radius 2 is 1.92 bits per heavy atom. The fraction of sp³-hybridized carbons (Fsp3) is 0.267. The van der Waals surface area contributed by atoms with Gasteiger partial charge >= 0.3 is 0 Å². The second-order valence-electron chi connectivity index (χ2n) is 5.65. The molecular weight excluding hydrogens is 330 g/mol. The lowest BCUT2D eigenvalue weighted by Crippen LogP contribution is -2.15. The number of primary sulfonamides is 1. The standard InChI is InChI=1S/C15H17N5O3S/c1-9(21)19-12-4-5-13(14(6-12)24(16,22)23)10-7-17-15(18-8-10)20-11-2-3-11/h4-8,11H,2-3H2,1H3,(H,19,21)(H2,16,22,23)(H,17,18,20). The van der Waals surface area contributed by atoms with E-state index in [1.165, 1.54) is 13.0 Å². The summed E-state index contributed by atoms with van der Waals surface area (Å²) in [6.07, 6.45) is 5.29. The number of nitrogens with one attached hydrogen (secondary N) is 2. The number of rotatable bonds is 5. The number of carbonyl (C=O) groups excluding carboxylic acids is 1. The van der Waals surface area contributed by atoms with Crippen LogP contribution in [0.4, 0.5) is 11.6 Å². The number of nitrogens with zero attached hydrogens (tertiary/aromatic N) is 2. The van der Waals surface area contributed by atoms with Crippen molar-refractivity contribution in [2.24, 2.45) is 5.14 Å². The molecule has 1 aliphatic carbocycles. The van der Waals surface area contributed by atoms with Crippen molar-refractivity contribution in [2.45, 2.75) is 30.7 Å². The van der Waals surface area contributed by atoms with Gasteiger partial charge in [-0.3, -0.25) is 4.79 Å². The number of sulfonamides is 1. The van der Waals surface area contributed by atoms with Crippen molar-refractivity contribution in [3.05, 3.63) is 30.6 Å². The molecule has 1 heterocycles. The van der Waals surface area contributed by atoms with Crippen LogP contribution in [0, 0.1) is 0 Å². The number of anilines is 2. The largest absolute Gasteiger partial charge is 0.351 e. The van der Waals surface area contributed by atoms with Gasteiger partial charge in [-0.05, 0) is 25.0 Å². The maximum absolute atomic E-state index is 11.9. The van der Waals surface area contributed by atoms with Crippen LogP contribution in [0.15, 0.2) is 35.5 Å². The highest BCUT2D eigenvalue weighted by Gasteiger charge is 2.22. The van der Waals surface area contributed by atoms with Crippen LogP contribution in [-0.4, -0.2) is 30.3 Å². The molecule has 0 saturated heterocycles. The number of amides is 1. The van der Waals surface area contributed by atoms with E-state index in [2.05, 4.69) is 20.6 Å². The normalized spacial score (nSPS) is 14.2. The average molecular weight is 347 g/mol. The zero-order chi connectivity index (χ0) is 17.3. The number of nitrogens with two attached hydrogens (primary N) is 1. The van der Waals surface area contributed by atoms with Crippen LogP contribution < -0.4 is 15.8 Å². The van der Waals surface area contributed by atoms with Crippen LogP contribution in [0.1, 0.15) is 19.8 Å². The molecule has 0 spiro atoms. The monoisotopic (exact) mass is 347 g/mol. The van der Waals surface area contributed by atoms with Crippen LogP contribution in [0.2, 0.25) is 0 Å². The van der Waals surface area contributed by atoms with Crippen molar-refractivity contribution in [2.75, 3.05) is 10.6 Å². The molecule has 3 rings (SSSR count). The molecule has 0 unspecified atom stereocenters. The number of carbonyl (C=O) groups is 1. The molecule has 1 aromatic heterocycles. The number of hydrogen-bond acceptors (Lipinski definition) is 6. The summed E-state index contributed by atoms with van der Waals surface area (Å²) < 4.78 is 23.8. The first-order valence-electron chi connectivity index (χ1n) is 7.36. The minimum Gasteiger partial charge on any atom is -0.351 e. The van der Waals surface area contributed by atoms with E-state index >= 15 is 0 Å². The van der Waals surface area contributed by atoms with Crippen molar-refractivity contribution >= 4 is 27.6 Å². The van der Waals surface area contributed by atoms with Crippen molar-refractivity contribution in [3.8, 4) is 11.1 Å². The molecule has 8 nitrogen and oxygen atoms in total. The molecule has 2 aromatic rings. The first kappa shape index (κ1) is 16.3. The highest BCUT2D eigenvalue weighted by molar-refractivity contribution is 7.89. The predicted molar refractivity (Wildman–Crippen MR) is 89.8 cm³/mol. The summed E-state index contributed by atoms with van der Waals surface area (Å²) in [4.78, 5) is 19.4. The van der Waals surface area contributed by atoms with Crippen LogP contribution in [-0.2, 0) is 14.8 Å². The minimum absolute atomic E-state index is 0.0970. The first-order chi connectivity index (χ1) is 11.3. The summed E-state index contributed by atoms with van der Waals surface area (Å²) in [6, 6.07) is 4.91. The van der Waals surface area contributed by atoms with E-state index in [9.17, 15) is 13.2 Å². The maximum Gasteiger partial charge on any atom is 0.238 e. The van der Waals surface area contributed by atoms with Gasteiger partial charge in [0.2, 0.25) is 21.9 Å². The third-order valence-corrected chi connectivity index (χ3v) is 4.43. The van der Waals surface area contributed by atoms with Crippen LogP contribution in [0.5, 0.6) is 0 Å². The lowest BCUT2D eigenvalue weighted by molar-refractivity contribution is -0.114. The quantitative estimate of drug-likeness (QED) is 0.748. The Kier molecular flexibility index (Phi) is 4.20. The fourth-order valence-corrected chi connectivity index (χ4v) is 3.01. The molecule has 1 fully saturated rings. The van der Waals surface area contributed by atoms with E-state index in [0.717, 1.165) is 12.8 Å². The van der Waals surface area contributed by atoms with E-state index in [4.69, 9.17) is 5.14 Å². The van der Waals surface area contributed by atoms with Crippen molar-refractivity contribution in [1.29, 1.82) is 0 Å². The maximum atomic E-state index is 11.9. The molecule has 4 N–H and O–H groups in total. The summed E-state index contributed by atoms with van der Waals surface area (Å²) in [5, 5.41) is 11.0. The Balaban J connectivity index is 1.97. The van der Waals surface area contributed by atoms with Gasteiger partial charge in [0.25, 0.3) is 0 Å². The molecule has 24 heavy (non-hydrogen) atoms. The highest BCUT2D eigenvalue weighted by atomic mass is 32.2. The first-order valence-corrected chi connectivity index (χ1v) is 8.91. The van der Waals surface area contributed by atoms with E-state index in [1.54, 1.807) is 24.5 Å². The van der Waals surface area contributed by atoms with E-state index in [1.807, 2.05) is 0 Å². The molecule has 1 amide bonds. The van der Waals surface area contributed by atoms with Gasteiger partial charge in [-0.1, -0.05) is 6.07 Å². The Morgan fingerprint density at radius 1 is 1.25 bits per heavy atom. The number of hydrogen-bond donors (Lipinski definition) is 3. The Morgan fingerprint density at radius 3 is 2.46 bits per heavy atom. The average Bonchev–Trinajstić information content (AvgIpc) is 3.31. The SMILES string of the molecule is CC(=O)Nc1ccc(-c2cnc(NC3CC3)nc2)c(S(N)(=O)=O)c1. The van der Waals surface area contributed by atoms with Gasteiger partial charge in [0.1, 0.15) is 0 Å². The number of aromatic nitrogens is 2. The Labute approximate surface area is 139 Å². The van der Waals surface area contributed by atoms with E-state index < -0.39 is 10.0 Å².